The summed E-state index contributed by atoms with van der Waals surface area (Å²) >= 11 is 0. The zero-order valence-corrected chi connectivity index (χ0v) is 17.8. The number of carbonyl (C=O) groups excluding carboxylic acids is 1. The number of carbonyl (C=O) groups is 1. The molecule has 0 aliphatic heterocycles. The molecule has 0 saturated carbocycles. The summed E-state index contributed by atoms with van der Waals surface area (Å²) in [5.74, 6) is 0.894. The third-order valence-corrected chi connectivity index (χ3v) is 4.83. The van der Waals surface area contributed by atoms with Crippen molar-refractivity contribution in [2.24, 2.45) is 5.92 Å². The molecule has 0 unspecified atom stereocenters. The van der Waals surface area contributed by atoms with Crippen molar-refractivity contribution in [2.45, 2.75) is 33.1 Å². The fourth-order valence-corrected chi connectivity index (χ4v) is 3.14. The van der Waals surface area contributed by atoms with E-state index in [2.05, 4.69) is 48.4 Å². The van der Waals surface area contributed by atoms with Crippen molar-refractivity contribution in [2.75, 3.05) is 13.2 Å². The monoisotopic (exact) mass is 402 g/mol. The highest BCUT2D eigenvalue weighted by atomic mass is 16.5. The lowest BCUT2D eigenvalue weighted by atomic mass is 10.0. The second-order valence-corrected chi connectivity index (χ2v) is 7.88. The minimum atomic E-state index is -0.172. The van der Waals surface area contributed by atoms with Crippen LogP contribution in [0.3, 0.4) is 0 Å². The van der Waals surface area contributed by atoms with Gasteiger partial charge in [-0.3, -0.25) is 4.79 Å². The average Bonchev–Trinajstić information content (AvgIpc) is 2.75. The van der Waals surface area contributed by atoms with E-state index in [0.29, 0.717) is 30.6 Å². The molecule has 2 aromatic carbocycles. The van der Waals surface area contributed by atoms with Gasteiger partial charge in [0.1, 0.15) is 5.69 Å². The van der Waals surface area contributed by atoms with Crippen molar-refractivity contribution in [3.63, 3.8) is 0 Å². The summed E-state index contributed by atoms with van der Waals surface area (Å²) in [5.41, 5.74) is 3.80. The van der Waals surface area contributed by atoms with Gasteiger partial charge in [-0.05, 0) is 47.9 Å². The van der Waals surface area contributed by atoms with Gasteiger partial charge in [-0.15, -0.1) is 0 Å². The molecule has 0 aliphatic carbocycles. The summed E-state index contributed by atoms with van der Waals surface area (Å²) in [5, 5.41) is 2.98. The van der Waals surface area contributed by atoms with Crippen LogP contribution in [-0.4, -0.2) is 24.0 Å². The van der Waals surface area contributed by atoms with Gasteiger partial charge < -0.3 is 10.1 Å². The van der Waals surface area contributed by atoms with Crippen molar-refractivity contribution in [3.8, 4) is 5.88 Å². The number of aromatic nitrogens is 1. The number of benzene rings is 2. The second kappa shape index (κ2) is 11.1. The molecular formula is C26H30N2O2. The van der Waals surface area contributed by atoms with Crippen molar-refractivity contribution >= 4 is 5.91 Å². The minimum absolute atomic E-state index is 0.172. The molecule has 3 aromatic rings. The minimum Gasteiger partial charge on any atom is -0.478 e. The van der Waals surface area contributed by atoms with Crippen molar-refractivity contribution in [3.05, 3.63) is 95.2 Å². The smallest absolute Gasteiger partial charge is 0.270 e. The molecule has 0 saturated heterocycles. The predicted octanol–water partition coefficient (Wildman–Crippen LogP) is 5.07. The first-order valence-electron chi connectivity index (χ1n) is 10.6. The first-order chi connectivity index (χ1) is 14.6. The molecule has 3 rings (SSSR count). The van der Waals surface area contributed by atoms with Crippen LogP contribution in [0.15, 0.2) is 72.8 Å². The predicted molar refractivity (Wildman–Crippen MR) is 121 cm³/mol. The number of hydrogen-bond donors (Lipinski definition) is 1. The summed E-state index contributed by atoms with van der Waals surface area (Å²) in [6.07, 6.45) is 2.46. The van der Waals surface area contributed by atoms with Gasteiger partial charge >= 0.3 is 0 Å². The third-order valence-electron chi connectivity index (χ3n) is 4.83. The maximum atomic E-state index is 12.7. The van der Waals surface area contributed by atoms with Gasteiger partial charge in [-0.2, -0.15) is 0 Å². The standard InChI is InChI=1S/C26H30N2O2/c1-20(2)14-16-30-25-19-23(17-22-11-7-4-8-12-22)18-24(28-25)26(29)27-15-13-21-9-5-3-6-10-21/h3-12,18-20H,13-17H2,1-2H3,(H,27,29). The number of amides is 1. The van der Waals surface area contributed by atoms with Gasteiger partial charge in [-0.25, -0.2) is 4.98 Å². The van der Waals surface area contributed by atoms with Gasteiger partial charge in [0.05, 0.1) is 6.61 Å². The lowest BCUT2D eigenvalue weighted by molar-refractivity contribution is 0.0947. The molecule has 1 aromatic heterocycles. The fraction of sp³-hybridized carbons (Fsp3) is 0.308. The average molecular weight is 403 g/mol. The van der Waals surface area contributed by atoms with Gasteiger partial charge in [0.15, 0.2) is 0 Å². The third kappa shape index (κ3) is 7.03. The number of ether oxygens (including phenoxy) is 1. The van der Waals surface area contributed by atoms with Gasteiger partial charge in [0.2, 0.25) is 5.88 Å². The molecule has 4 heteroatoms. The lowest BCUT2D eigenvalue weighted by Gasteiger charge is -2.12. The molecule has 0 atom stereocenters. The first-order valence-corrected chi connectivity index (χ1v) is 10.6. The Hall–Kier alpha value is -3.14. The van der Waals surface area contributed by atoms with E-state index in [-0.39, 0.29) is 5.91 Å². The zero-order valence-electron chi connectivity index (χ0n) is 17.8. The zero-order chi connectivity index (χ0) is 21.2. The van der Waals surface area contributed by atoms with Gasteiger partial charge in [0, 0.05) is 12.6 Å². The summed E-state index contributed by atoms with van der Waals surface area (Å²) in [7, 11) is 0. The second-order valence-electron chi connectivity index (χ2n) is 7.88. The van der Waals surface area contributed by atoms with Crippen LogP contribution >= 0.6 is 0 Å². The van der Waals surface area contributed by atoms with Crippen LogP contribution in [0.4, 0.5) is 0 Å². The van der Waals surface area contributed by atoms with E-state index >= 15 is 0 Å². The Balaban J connectivity index is 1.70. The molecule has 0 fully saturated rings. The van der Waals surface area contributed by atoms with Crippen LogP contribution < -0.4 is 10.1 Å². The molecule has 0 spiro atoms. The Bertz CT molecular complexity index is 924. The van der Waals surface area contributed by atoms with Crippen molar-refractivity contribution < 1.29 is 9.53 Å². The van der Waals surface area contributed by atoms with E-state index in [4.69, 9.17) is 4.74 Å². The van der Waals surface area contributed by atoms with Crippen LogP contribution in [0.5, 0.6) is 5.88 Å². The number of pyridine rings is 1. The molecule has 4 nitrogen and oxygen atoms in total. The maximum Gasteiger partial charge on any atom is 0.270 e. The van der Waals surface area contributed by atoms with Gasteiger partial charge in [0.25, 0.3) is 5.91 Å². The van der Waals surface area contributed by atoms with Crippen LogP contribution in [-0.2, 0) is 12.8 Å². The van der Waals surface area contributed by atoms with Gasteiger partial charge in [-0.1, -0.05) is 74.5 Å². The number of nitrogens with one attached hydrogen (secondary N) is 1. The highest BCUT2D eigenvalue weighted by molar-refractivity contribution is 5.92. The molecule has 0 radical (unpaired) electrons. The van der Waals surface area contributed by atoms with Crippen LogP contribution in [0.25, 0.3) is 0 Å². The molecular weight excluding hydrogens is 372 g/mol. The molecule has 1 heterocycles. The Morgan fingerprint density at radius 2 is 1.60 bits per heavy atom. The van der Waals surface area contributed by atoms with Crippen LogP contribution in [0, 0.1) is 5.92 Å². The topological polar surface area (TPSA) is 51.2 Å². The molecule has 30 heavy (non-hydrogen) atoms. The molecule has 156 valence electrons. The summed E-state index contributed by atoms with van der Waals surface area (Å²) in [6, 6.07) is 24.1. The Kier molecular flexibility index (Phi) is 8.02. The molecule has 1 N–H and O–H groups in total. The quantitative estimate of drug-likeness (QED) is 0.515. The fourth-order valence-electron chi connectivity index (χ4n) is 3.14. The van der Waals surface area contributed by atoms with Crippen molar-refractivity contribution in [1.29, 1.82) is 0 Å². The van der Waals surface area contributed by atoms with Crippen LogP contribution in [0.2, 0.25) is 0 Å². The highest BCUT2D eigenvalue weighted by Gasteiger charge is 2.12. The van der Waals surface area contributed by atoms with E-state index in [1.807, 2.05) is 48.5 Å². The Labute approximate surface area is 179 Å². The molecule has 0 aliphatic rings. The number of hydrogen-bond acceptors (Lipinski definition) is 3. The van der Waals surface area contributed by atoms with E-state index in [1.54, 1.807) is 0 Å². The summed E-state index contributed by atoms with van der Waals surface area (Å²) < 4.78 is 5.87. The Morgan fingerprint density at radius 3 is 2.27 bits per heavy atom. The Morgan fingerprint density at radius 1 is 0.933 bits per heavy atom. The van der Waals surface area contributed by atoms with E-state index in [9.17, 15) is 4.79 Å². The summed E-state index contributed by atoms with van der Waals surface area (Å²) in [4.78, 5) is 17.2. The first kappa shape index (κ1) is 21.6. The number of nitrogens with zero attached hydrogens (tertiary/aromatic N) is 1. The van der Waals surface area contributed by atoms with Crippen molar-refractivity contribution in [1.82, 2.24) is 10.3 Å². The van der Waals surface area contributed by atoms with E-state index in [0.717, 1.165) is 24.8 Å². The summed E-state index contributed by atoms with van der Waals surface area (Å²) in [6.45, 7) is 5.48. The SMILES string of the molecule is CC(C)CCOc1cc(Cc2ccccc2)cc(C(=O)NCCc2ccccc2)n1. The lowest BCUT2D eigenvalue weighted by Crippen LogP contribution is -2.26. The maximum absolute atomic E-state index is 12.7. The van der Waals surface area contributed by atoms with E-state index in [1.165, 1.54) is 11.1 Å². The molecule has 0 bridgehead atoms. The van der Waals surface area contributed by atoms with E-state index < -0.39 is 0 Å². The highest BCUT2D eigenvalue weighted by Crippen LogP contribution is 2.17. The normalized spacial score (nSPS) is 10.8. The number of rotatable bonds is 10. The molecule has 1 amide bonds. The largest absolute Gasteiger partial charge is 0.478 e. The van der Waals surface area contributed by atoms with Crippen LogP contribution in [0.1, 0.15) is 47.4 Å².